The normalized spacial score (nSPS) is 10.3. The third-order valence-electron chi connectivity index (χ3n) is 3.22. The van der Waals surface area contributed by atoms with Crippen LogP contribution in [0.4, 0.5) is 5.69 Å². The third kappa shape index (κ3) is 3.17. The molecule has 0 spiro atoms. The second-order valence-corrected chi connectivity index (χ2v) is 5.09. The molecule has 2 aromatic carbocycles. The van der Waals surface area contributed by atoms with E-state index in [-0.39, 0.29) is 5.91 Å². The van der Waals surface area contributed by atoms with E-state index in [1.165, 1.54) is 13.4 Å². The van der Waals surface area contributed by atoms with E-state index in [1.807, 2.05) is 18.2 Å². The van der Waals surface area contributed by atoms with Gasteiger partial charge in [-0.2, -0.15) is 5.10 Å². The van der Waals surface area contributed by atoms with Crippen LogP contribution in [0.3, 0.4) is 0 Å². The zero-order chi connectivity index (χ0) is 16.2. The number of hydrogen-bond donors (Lipinski definition) is 1. The maximum Gasteiger partial charge on any atom is 0.259 e. The number of hydrogen-bond acceptors (Lipinski definition) is 4. The number of benzene rings is 2. The minimum atomic E-state index is -0.322. The lowest BCUT2D eigenvalue weighted by molar-refractivity contribution is 0.102. The summed E-state index contributed by atoms with van der Waals surface area (Å²) < 4.78 is 6.79. The van der Waals surface area contributed by atoms with Gasteiger partial charge in [-0.1, -0.05) is 23.7 Å². The number of nitrogens with zero attached hydrogens (tertiary/aromatic N) is 3. The number of methoxy groups -OCH3 is 1. The van der Waals surface area contributed by atoms with Gasteiger partial charge in [-0.3, -0.25) is 4.79 Å². The molecule has 1 heterocycles. The molecule has 0 aliphatic heterocycles. The highest BCUT2D eigenvalue weighted by Gasteiger charge is 2.15. The number of carbonyl (C=O) groups is 1. The van der Waals surface area contributed by atoms with Gasteiger partial charge >= 0.3 is 0 Å². The lowest BCUT2D eigenvalue weighted by atomic mass is 10.1. The molecule has 0 radical (unpaired) electrons. The molecule has 7 heteroatoms. The lowest BCUT2D eigenvalue weighted by Crippen LogP contribution is -2.15. The first-order valence-corrected chi connectivity index (χ1v) is 7.16. The topological polar surface area (TPSA) is 69.0 Å². The van der Waals surface area contributed by atoms with E-state index in [1.54, 1.807) is 35.3 Å². The first-order valence-electron chi connectivity index (χ1n) is 6.78. The molecule has 0 bridgehead atoms. The van der Waals surface area contributed by atoms with E-state index in [0.29, 0.717) is 27.7 Å². The number of ether oxygens (including phenoxy) is 1. The van der Waals surface area contributed by atoms with Crippen LogP contribution in [0.5, 0.6) is 5.75 Å². The lowest BCUT2D eigenvalue weighted by Gasteiger charge is -2.12. The summed E-state index contributed by atoms with van der Waals surface area (Å²) in [5.74, 6) is 0.127. The third-order valence-corrected chi connectivity index (χ3v) is 3.46. The molecule has 0 saturated heterocycles. The van der Waals surface area contributed by atoms with Crippen LogP contribution in [0.1, 0.15) is 10.4 Å². The molecule has 0 saturated carbocycles. The largest absolute Gasteiger partial charge is 0.496 e. The van der Waals surface area contributed by atoms with Crippen LogP contribution in [0, 0.1) is 0 Å². The molecular weight excluding hydrogens is 316 g/mol. The van der Waals surface area contributed by atoms with Crippen LogP contribution in [-0.4, -0.2) is 27.8 Å². The Morgan fingerprint density at radius 1 is 1.26 bits per heavy atom. The van der Waals surface area contributed by atoms with E-state index < -0.39 is 0 Å². The van der Waals surface area contributed by atoms with Crippen molar-refractivity contribution in [2.45, 2.75) is 0 Å². The molecule has 116 valence electrons. The van der Waals surface area contributed by atoms with Crippen LogP contribution < -0.4 is 10.1 Å². The predicted molar refractivity (Wildman–Crippen MR) is 87.3 cm³/mol. The van der Waals surface area contributed by atoms with Crippen LogP contribution >= 0.6 is 11.6 Å². The summed E-state index contributed by atoms with van der Waals surface area (Å²) >= 11 is 5.98. The molecule has 3 aromatic rings. The number of para-hydroxylation sites is 2. The number of nitrogens with one attached hydrogen (secondary N) is 1. The van der Waals surface area contributed by atoms with Crippen molar-refractivity contribution < 1.29 is 9.53 Å². The minimum Gasteiger partial charge on any atom is -0.496 e. The molecule has 6 nitrogen and oxygen atoms in total. The predicted octanol–water partition coefficient (Wildman–Crippen LogP) is 3.18. The first kappa shape index (κ1) is 15.1. The van der Waals surface area contributed by atoms with Gasteiger partial charge < -0.3 is 10.1 Å². The molecule has 23 heavy (non-hydrogen) atoms. The average Bonchev–Trinajstić information content (AvgIpc) is 3.09. The maximum atomic E-state index is 12.6. The number of aromatic nitrogens is 3. The Kier molecular flexibility index (Phi) is 4.25. The zero-order valence-electron chi connectivity index (χ0n) is 12.2. The van der Waals surface area contributed by atoms with E-state index in [2.05, 4.69) is 15.4 Å². The quantitative estimate of drug-likeness (QED) is 0.798. The molecule has 0 unspecified atom stereocenters. The van der Waals surface area contributed by atoms with E-state index >= 15 is 0 Å². The van der Waals surface area contributed by atoms with Gasteiger partial charge in [0.2, 0.25) is 0 Å². The van der Waals surface area contributed by atoms with Crippen molar-refractivity contribution in [3.8, 4) is 11.4 Å². The molecular formula is C16H13ClN4O2. The fourth-order valence-corrected chi connectivity index (χ4v) is 2.33. The Bertz CT molecular complexity index is 834. The van der Waals surface area contributed by atoms with E-state index in [9.17, 15) is 4.79 Å². The summed E-state index contributed by atoms with van der Waals surface area (Å²) in [6, 6.07) is 12.2. The van der Waals surface area contributed by atoms with Gasteiger partial charge in [0, 0.05) is 5.02 Å². The summed E-state index contributed by atoms with van der Waals surface area (Å²) in [6.45, 7) is 0. The zero-order valence-corrected chi connectivity index (χ0v) is 13.0. The molecule has 1 aromatic heterocycles. The van der Waals surface area contributed by atoms with Crippen molar-refractivity contribution in [2.24, 2.45) is 0 Å². The van der Waals surface area contributed by atoms with Crippen molar-refractivity contribution in [1.29, 1.82) is 0 Å². The van der Waals surface area contributed by atoms with Gasteiger partial charge in [-0.05, 0) is 30.3 Å². The SMILES string of the molecule is COc1ccc(Cl)cc1C(=O)Nc1ccccc1-n1cncn1. The van der Waals surface area contributed by atoms with Crippen LogP contribution in [0.25, 0.3) is 5.69 Å². The minimum absolute atomic E-state index is 0.322. The molecule has 1 amide bonds. The number of carbonyl (C=O) groups excluding carboxylic acids is 1. The maximum absolute atomic E-state index is 12.6. The van der Waals surface area contributed by atoms with Gasteiger partial charge in [0.05, 0.1) is 24.0 Å². The fourth-order valence-electron chi connectivity index (χ4n) is 2.16. The summed E-state index contributed by atoms with van der Waals surface area (Å²) in [5, 5.41) is 7.39. The number of anilines is 1. The first-order chi connectivity index (χ1) is 11.2. The Morgan fingerprint density at radius 2 is 2.09 bits per heavy atom. The monoisotopic (exact) mass is 328 g/mol. The van der Waals surface area contributed by atoms with Crippen molar-refractivity contribution >= 4 is 23.2 Å². The Hall–Kier alpha value is -2.86. The number of amides is 1. The van der Waals surface area contributed by atoms with Crippen LogP contribution in [-0.2, 0) is 0 Å². The highest BCUT2D eigenvalue weighted by molar-refractivity contribution is 6.31. The fraction of sp³-hybridized carbons (Fsp3) is 0.0625. The van der Waals surface area contributed by atoms with Gasteiger partial charge in [0.15, 0.2) is 0 Å². The summed E-state index contributed by atoms with van der Waals surface area (Å²) in [7, 11) is 1.50. The van der Waals surface area contributed by atoms with Crippen molar-refractivity contribution in [3.63, 3.8) is 0 Å². The summed E-state index contributed by atoms with van der Waals surface area (Å²) in [4.78, 5) is 16.5. The van der Waals surface area contributed by atoms with Crippen molar-refractivity contribution in [2.75, 3.05) is 12.4 Å². The number of rotatable bonds is 4. The Balaban J connectivity index is 1.94. The highest BCUT2D eigenvalue weighted by Crippen LogP contribution is 2.25. The molecule has 3 rings (SSSR count). The number of halogens is 1. The van der Waals surface area contributed by atoms with E-state index in [4.69, 9.17) is 16.3 Å². The van der Waals surface area contributed by atoms with Crippen molar-refractivity contribution in [1.82, 2.24) is 14.8 Å². The van der Waals surface area contributed by atoms with Gasteiger partial charge in [0.25, 0.3) is 5.91 Å². The average molecular weight is 329 g/mol. The molecule has 1 N–H and O–H groups in total. The van der Waals surface area contributed by atoms with Crippen LogP contribution in [0.2, 0.25) is 5.02 Å². The second kappa shape index (κ2) is 6.50. The Labute approximate surface area is 137 Å². The standard InChI is InChI=1S/C16H13ClN4O2/c1-23-15-7-6-11(17)8-12(15)16(22)20-13-4-2-3-5-14(13)21-10-18-9-19-21/h2-10H,1H3,(H,20,22). The van der Waals surface area contributed by atoms with Gasteiger partial charge in [-0.15, -0.1) is 0 Å². The van der Waals surface area contributed by atoms with E-state index in [0.717, 1.165) is 0 Å². The molecule has 0 fully saturated rings. The molecule has 0 aliphatic carbocycles. The van der Waals surface area contributed by atoms with Crippen LogP contribution in [0.15, 0.2) is 55.1 Å². The van der Waals surface area contributed by atoms with Crippen molar-refractivity contribution in [3.05, 3.63) is 65.7 Å². The van der Waals surface area contributed by atoms with Gasteiger partial charge in [-0.25, -0.2) is 9.67 Å². The summed E-state index contributed by atoms with van der Waals surface area (Å²) in [6.07, 6.45) is 2.99. The smallest absolute Gasteiger partial charge is 0.259 e. The second-order valence-electron chi connectivity index (χ2n) is 4.66. The molecule has 0 aliphatic rings. The highest BCUT2D eigenvalue weighted by atomic mass is 35.5. The Morgan fingerprint density at radius 3 is 2.83 bits per heavy atom. The summed E-state index contributed by atoms with van der Waals surface area (Å²) in [5.41, 5.74) is 1.66. The molecule has 0 atom stereocenters. The van der Waals surface area contributed by atoms with Gasteiger partial charge in [0.1, 0.15) is 18.4 Å².